The summed E-state index contributed by atoms with van der Waals surface area (Å²) in [6.45, 7) is 3.68. The Bertz CT molecular complexity index is 2070. The van der Waals surface area contributed by atoms with E-state index in [-0.39, 0.29) is 11.5 Å². The number of esters is 1. The van der Waals surface area contributed by atoms with Gasteiger partial charge in [0.2, 0.25) is 0 Å². The number of aryl methyl sites for hydroxylation is 1. The minimum Gasteiger partial charge on any atom is -0.465 e. The van der Waals surface area contributed by atoms with Crippen molar-refractivity contribution in [3.63, 3.8) is 0 Å². The number of furan rings is 1. The molecule has 0 unspecified atom stereocenters. The average Bonchev–Trinajstić information content (AvgIpc) is 3.60. The number of carbonyl (C=O) groups is 2. The first-order valence-corrected chi connectivity index (χ1v) is 14.4. The van der Waals surface area contributed by atoms with E-state index in [0.717, 1.165) is 16.7 Å². The summed E-state index contributed by atoms with van der Waals surface area (Å²) < 4.78 is 12.9. The van der Waals surface area contributed by atoms with E-state index in [1.165, 1.54) is 18.4 Å². The molecule has 0 saturated carbocycles. The lowest BCUT2D eigenvalue weighted by Gasteiger charge is -2.25. The number of hydrogen-bond acceptors (Lipinski definition) is 7. The number of carbonyl (C=O) groups excluding carboxylic acids is 2. The second kappa shape index (κ2) is 11.5. The van der Waals surface area contributed by atoms with Crippen LogP contribution in [0.15, 0.2) is 116 Å². The molecule has 1 atom stereocenters. The van der Waals surface area contributed by atoms with Crippen LogP contribution in [0.5, 0.6) is 0 Å². The van der Waals surface area contributed by atoms with Crippen LogP contribution >= 0.6 is 11.3 Å². The summed E-state index contributed by atoms with van der Waals surface area (Å²) in [5.74, 6) is 0.367. The van der Waals surface area contributed by atoms with Gasteiger partial charge in [-0.25, -0.2) is 9.79 Å². The van der Waals surface area contributed by atoms with Crippen molar-refractivity contribution in [1.82, 2.24) is 4.57 Å². The molecule has 0 saturated heterocycles. The summed E-state index contributed by atoms with van der Waals surface area (Å²) in [4.78, 5) is 44.7. The molecule has 0 fully saturated rings. The molecule has 214 valence electrons. The normalized spacial score (nSPS) is 14.7. The molecular formula is C34H27N3O5S. The van der Waals surface area contributed by atoms with E-state index in [1.54, 1.807) is 35.8 Å². The van der Waals surface area contributed by atoms with Gasteiger partial charge in [0.1, 0.15) is 11.5 Å². The predicted octanol–water partition coefficient (Wildman–Crippen LogP) is 5.23. The quantitative estimate of drug-likeness (QED) is 0.273. The number of amides is 1. The Morgan fingerprint density at radius 3 is 2.40 bits per heavy atom. The highest BCUT2D eigenvalue weighted by Gasteiger charge is 2.32. The molecule has 1 amide bonds. The van der Waals surface area contributed by atoms with Crippen molar-refractivity contribution in [2.24, 2.45) is 4.99 Å². The number of hydrogen-bond donors (Lipinski definition) is 1. The highest BCUT2D eigenvalue weighted by Crippen LogP contribution is 2.31. The monoisotopic (exact) mass is 589 g/mol. The number of nitrogens with one attached hydrogen (secondary N) is 1. The fourth-order valence-electron chi connectivity index (χ4n) is 5.17. The third-order valence-corrected chi connectivity index (χ3v) is 8.21. The summed E-state index contributed by atoms with van der Waals surface area (Å²) in [6.07, 6.45) is 1.69. The summed E-state index contributed by atoms with van der Waals surface area (Å²) in [7, 11) is 1.35. The van der Waals surface area contributed by atoms with Gasteiger partial charge >= 0.3 is 5.97 Å². The molecule has 0 spiro atoms. The summed E-state index contributed by atoms with van der Waals surface area (Å²) in [6, 6.07) is 26.9. The van der Waals surface area contributed by atoms with E-state index in [1.807, 2.05) is 79.7 Å². The molecule has 3 aromatic carbocycles. The maximum Gasteiger partial charge on any atom is 0.337 e. The van der Waals surface area contributed by atoms with Crippen LogP contribution in [0.4, 0.5) is 5.69 Å². The second-order valence-electron chi connectivity index (χ2n) is 10.0. The van der Waals surface area contributed by atoms with Crippen molar-refractivity contribution in [2.75, 3.05) is 12.4 Å². The van der Waals surface area contributed by atoms with Crippen LogP contribution in [0.1, 0.15) is 40.2 Å². The zero-order valence-corrected chi connectivity index (χ0v) is 24.5. The molecule has 6 rings (SSSR count). The lowest BCUT2D eigenvalue weighted by atomic mass is 9.95. The van der Waals surface area contributed by atoms with Crippen LogP contribution in [0.25, 0.3) is 17.4 Å². The highest BCUT2D eigenvalue weighted by atomic mass is 32.1. The van der Waals surface area contributed by atoms with Gasteiger partial charge in [-0.1, -0.05) is 65.9 Å². The van der Waals surface area contributed by atoms with Gasteiger partial charge in [0.15, 0.2) is 4.80 Å². The van der Waals surface area contributed by atoms with Gasteiger partial charge in [0.05, 0.1) is 34.5 Å². The number of anilines is 1. The Morgan fingerprint density at radius 1 is 0.977 bits per heavy atom. The molecule has 5 aromatic rings. The summed E-state index contributed by atoms with van der Waals surface area (Å²) in [5, 5.41) is 2.96. The molecule has 1 aliphatic rings. The van der Waals surface area contributed by atoms with Gasteiger partial charge in [-0.15, -0.1) is 0 Å². The SMILES string of the molecule is COC(=O)c1ccc(-c2ccc(/C=c3/sc4n(c3=O)[C@H](c3ccccc3)C(C(=O)Nc3ccccc3)=C(C)N=4)o2)c(C)c1. The van der Waals surface area contributed by atoms with Gasteiger partial charge in [0, 0.05) is 17.3 Å². The Hall–Kier alpha value is -5.28. The number of thiazole rings is 1. The minimum atomic E-state index is -0.661. The average molecular weight is 590 g/mol. The van der Waals surface area contributed by atoms with Crippen molar-refractivity contribution >= 4 is 35.0 Å². The third kappa shape index (κ3) is 5.38. The standard InChI is InChI=1S/C34H27N3O5S/c1-20-18-23(33(40)41-3)14-16-26(20)27-17-15-25(42-27)19-28-32(39)37-30(22-10-6-4-7-11-22)29(21(2)35-34(37)43-28)31(38)36-24-12-8-5-9-13-24/h4-19,30H,1-3H3,(H,36,38)/b28-19+/t30-/m1/s1. The Kier molecular flexibility index (Phi) is 7.48. The molecule has 0 bridgehead atoms. The van der Waals surface area contributed by atoms with E-state index < -0.39 is 12.0 Å². The Labute approximate surface area is 250 Å². The van der Waals surface area contributed by atoms with E-state index in [0.29, 0.717) is 43.4 Å². The van der Waals surface area contributed by atoms with Crippen molar-refractivity contribution < 1.29 is 18.7 Å². The van der Waals surface area contributed by atoms with Crippen LogP contribution in [0.3, 0.4) is 0 Å². The molecule has 1 aliphatic heterocycles. The zero-order valence-electron chi connectivity index (χ0n) is 23.7. The molecule has 43 heavy (non-hydrogen) atoms. The Morgan fingerprint density at radius 2 is 1.70 bits per heavy atom. The van der Waals surface area contributed by atoms with Crippen LogP contribution < -0.4 is 20.2 Å². The summed E-state index contributed by atoms with van der Waals surface area (Å²) >= 11 is 1.24. The van der Waals surface area contributed by atoms with Crippen LogP contribution in [-0.2, 0) is 9.53 Å². The predicted molar refractivity (Wildman–Crippen MR) is 166 cm³/mol. The van der Waals surface area contributed by atoms with Crippen molar-refractivity contribution in [2.45, 2.75) is 19.9 Å². The first-order chi connectivity index (χ1) is 20.8. The number of para-hydroxylation sites is 1. The number of nitrogens with zero attached hydrogens (tertiary/aromatic N) is 2. The highest BCUT2D eigenvalue weighted by molar-refractivity contribution is 7.07. The third-order valence-electron chi connectivity index (χ3n) is 7.23. The van der Waals surface area contributed by atoms with Gasteiger partial charge in [0.25, 0.3) is 11.5 Å². The first-order valence-electron chi connectivity index (χ1n) is 13.6. The molecule has 1 N–H and O–H groups in total. The van der Waals surface area contributed by atoms with Crippen LogP contribution in [-0.4, -0.2) is 23.6 Å². The fourth-order valence-corrected chi connectivity index (χ4v) is 6.20. The molecular weight excluding hydrogens is 562 g/mol. The second-order valence-corrected chi connectivity index (χ2v) is 11.0. The number of benzene rings is 3. The number of ether oxygens (including phenoxy) is 1. The smallest absolute Gasteiger partial charge is 0.337 e. The number of rotatable bonds is 6. The van der Waals surface area contributed by atoms with Crippen molar-refractivity contribution in [3.05, 3.63) is 144 Å². The lowest BCUT2D eigenvalue weighted by molar-refractivity contribution is -0.113. The van der Waals surface area contributed by atoms with E-state index >= 15 is 0 Å². The van der Waals surface area contributed by atoms with E-state index in [9.17, 15) is 14.4 Å². The van der Waals surface area contributed by atoms with Crippen LogP contribution in [0.2, 0.25) is 0 Å². The molecule has 3 heterocycles. The molecule has 0 aliphatic carbocycles. The lowest BCUT2D eigenvalue weighted by Crippen LogP contribution is -2.40. The number of fused-ring (bicyclic) bond motifs is 1. The number of methoxy groups -OCH3 is 1. The summed E-state index contributed by atoms with van der Waals surface area (Å²) in [5.41, 5.74) is 4.25. The molecule has 9 heteroatoms. The first kappa shape index (κ1) is 27.9. The molecule has 0 radical (unpaired) electrons. The van der Waals surface area contributed by atoms with Gasteiger partial charge in [-0.05, 0) is 61.4 Å². The van der Waals surface area contributed by atoms with Gasteiger partial charge < -0.3 is 14.5 Å². The van der Waals surface area contributed by atoms with Crippen LogP contribution in [0, 0.1) is 6.92 Å². The van der Waals surface area contributed by atoms with E-state index in [2.05, 4.69) is 5.32 Å². The van der Waals surface area contributed by atoms with Gasteiger partial charge in [-0.2, -0.15) is 0 Å². The Balaban J connectivity index is 1.40. The minimum absolute atomic E-state index is 0.272. The van der Waals surface area contributed by atoms with Crippen molar-refractivity contribution in [1.29, 1.82) is 0 Å². The van der Waals surface area contributed by atoms with Crippen molar-refractivity contribution in [3.8, 4) is 11.3 Å². The maximum atomic E-state index is 13.9. The molecule has 8 nitrogen and oxygen atoms in total. The van der Waals surface area contributed by atoms with E-state index in [4.69, 9.17) is 14.1 Å². The number of aromatic nitrogens is 1. The zero-order chi connectivity index (χ0) is 30.1. The largest absolute Gasteiger partial charge is 0.465 e. The maximum absolute atomic E-state index is 13.9. The number of allylic oxidation sites excluding steroid dienone is 1. The molecule has 2 aromatic heterocycles. The van der Waals surface area contributed by atoms with Gasteiger partial charge in [-0.3, -0.25) is 14.2 Å². The topological polar surface area (TPSA) is 103 Å². The fraction of sp³-hybridized carbons (Fsp3) is 0.118.